The van der Waals surface area contributed by atoms with Gasteiger partial charge in [-0.15, -0.1) is 0 Å². The van der Waals surface area contributed by atoms with E-state index in [1.54, 1.807) is 12.1 Å². The SMILES string of the molecule is COc1cc(C(=O)OCC(=O)Nc2ccc(N(C)C)cc2)cc(OC)c1OC. The predicted molar refractivity (Wildman–Crippen MR) is 106 cm³/mol. The maximum Gasteiger partial charge on any atom is 0.338 e. The quantitative estimate of drug-likeness (QED) is 0.696. The highest BCUT2D eigenvalue weighted by Gasteiger charge is 2.18. The number of benzene rings is 2. The lowest BCUT2D eigenvalue weighted by Gasteiger charge is -2.14. The van der Waals surface area contributed by atoms with Gasteiger partial charge in [0.1, 0.15) is 0 Å². The second-order valence-corrected chi connectivity index (χ2v) is 5.98. The first-order valence-electron chi connectivity index (χ1n) is 8.44. The van der Waals surface area contributed by atoms with Crippen molar-refractivity contribution in [2.45, 2.75) is 0 Å². The summed E-state index contributed by atoms with van der Waals surface area (Å²) < 4.78 is 20.7. The Labute approximate surface area is 163 Å². The zero-order valence-electron chi connectivity index (χ0n) is 16.6. The summed E-state index contributed by atoms with van der Waals surface area (Å²) in [6, 6.07) is 10.2. The zero-order chi connectivity index (χ0) is 20.7. The van der Waals surface area contributed by atoms with Crippen molar-refractivity contribution >= 4 is 23.3 Å². The molecule has 1 N–H and O–H groups in total. The average Bonchev–Trinajstić information content (AvgIpc) is 2.71. The van der Waals surface area contributed by atoms with Crippen LogP contribution in [0, 0.1) is 0 Å². The fraction of sp³-hybridized carbons (Fsp3) is 0.300. The molecule has 1 amide bonds. The van der Waals surface area contributed by atoms with Gasteiger partial charge in [-0.2, -0.15) is 0 Å². The summed E-state index contributed by atoms with van der Waals surface area (Å²) in [5.74, 6) is -0.130. The van der Waals surface area contributed by atoms with E-state index in [0.717, 1.165) is 5.69 Å². The van der Waals surface area contributed by atoms with Crippen LogP contribution in [-0.2, 0) is 9.53 Å². The Balaban J connectivity index is 2.00. The molecule has 28 heavy (non-hydrogen) atoms. The van der Waals surface area contributed by atoms with E-state index in [0.29, 0.717) is 22.9 Å². The molecule has 0 aromatic heterocycles. The number of carbonyl (C=O) groups excluding carboxylic acids is 2. The minimum Gasteiger partial charge on any atom is -0.493 e. The first-order valence-corrected chi connectivity index (χ1v) is 8.44. The summed E-state index contributed by atoms with van der Waals surface area (Å²) in [6.07, 6.45) is 0. The van der Waals surface area contributed by atoms with Gasteiger partial charge in [0.2, 0.25) is 5.75 Å². The van der Waals surface area contributed by atoms with Crippen molar-refractivity contribution in [2.24, 2.45) is 0 Å². The monoisotopic (exact) mass is 388 g/mol. The topological polar surface area (TPSA) is 86.3 Å². The predicted octanol–water partition coefficient (Wildman–Crippen LogP) is 2.57. The van der Waals surface area contributed by atoms with Crippen LogP contribution in [0.15, 0.2) is 36.4 Å². The van der Waals surface area contributed by atoms with Crippen molar-refractivity contribution in [3.05, 3.63) is 42.0 Å². The number of hydrogen-bond acceptors (Lipinski definition) is 7. The zero-order valence-corrected chi connectivity index (χ0v) is 16.6. The highest BCUT2D eigenvalue weighted by molar-refractivity contribution is 5.96. The van der Waals surface area contributed by atoms with Gasteiger partial charge in [-0.3, -0.25) is 4.79 Å². The molecule has 0 spiro atoms. The molecule has 8 nitrogen and oxygen atoms in total. The van der Waals surface area contributed by atoms with E-state index in [4.69, 9.17) is 18.9 Å². The Bertz CT molecular complexity index is 808. The van der Waals surface area contributed by atoms with Crippen molar-refractivity contribution in [3.8, 4) is 17.2 Å². The highest BCUT2D eigenvalue weighted by Crippen LogP contribution is 2.38. The first kappa shape index (κ1) is 20.9. The second-order valence-electron chi connectivity index (χ2n) is 5.98. The van der Waals surface area contributed by atoms with E-state index >= 15 is 0 Å². The van der Waals surface area contributed by atoms with Crippen LogP contribution in [0.2, 0.25) is 0 Å². The molecule has 0 aliphatic rings. The molecule has 2 rings (SSSR count). The number of carbonyl (C=O) groups is 2. The van der Waals surface area contributed by atoms with Crippen LogP contribution in [0.3, 0.4) is 0 Å². The number of esters is 1. The number of ether oxygens (including phenoxy) is 4. The molecule has 2 aromatic carbocycles. The first-order chi connectivity index (χ1) is 13.4. The largest absolute Gasteiger partial charge is 0.493 e. The number of amides is 1. The molecule has 0 atom stereocenters. The molecule has 0 saturated heterocycles. The van der Waals surface area contributed by atoms with Gasteiger partial charge in [0.05, 0.1) is 26.9 Å². The highest BCUT2D eigenvalue weighted by atomic mass is 16.5. The van der Waals surface area contributed by atoms with Crippen molar-refractivity contribution in [1.29, 1.82) is 0 Å². The van der Waals surface area contributed by atoms with Crippen LogP contribution < -0.4 is 24.4 Å². The fourth-order valence-corrected chi connectivity index (χ4v) is 2.45. The molecule has 150 valence electrons. The van der Waals surface area contributed by atoms with Gasteiger partial charge in [-0.25, -0.2) is 4.79 Å². The molecule has 0 heterocycles. The third kappa shape index (κ3) is 5.06. The Morgan fingerprint density at radius 3 is 1.96 bits per heavy atom. The van der Waals surface area contributed by atoms with Crippen LogP contribution in [0.5, 0.6) is 17.2 Å². The fourth-order valence-electron chi connectivity index (χ4n) is 2.45. The molecule has 0 radical (unpaired) electrons. The van der Waals surface area contributed by atoms with E-state index in [1.165, 1.54) is 33.5 Å². The number of rotatable bonds is 8. The van der Waals surface area contributed by atoms with E-state index in [1.807, 2.05) is 31.1 Å². The average molecular weight is 388 g/mol. The molecule has 0 aliphatic carbocycles. The van der Waals surface area contributed by atoms with Crippen molar-refractivity contribution in [2.75, 3.05) is 52.2 Å². The van der Waals surface area contributed by atoms with Gasteiger partial charge in [-0.1, -0.05) is 0 Å². The number of nitrogens with one attached hydrogen (secondary N) is 1. The second kappa shape index (κ2) is 9.50. The van der Waals surface area contributed by atoms with E-state index < -0.39 is 18.5 Å². The summed E-state index contributed by atoms with van der Waals surface area (Å²) in [6.45, 7) is -0.426. The smallest absolute Gasteiger partial charge is 0.338 e. The maximum atomic E-state index is 12.3. The molecule has 0 bridgehead atoms. The van der Waals surface area contributed by atoms with E-state index in [9.17, 15) is 9.59 Å². The van der Waals surface area contributed by atoms with Gasteiger partial charge >= 0.3 is 5.97 Å². The molecule has 0 fully saturated rings. The summed E-state index contributed by atoms with van der Waals surface area (Å²) in [4.78, 5) is 26.3. The summed E-state index contributed by atoms with van der Waals surface area (Å²) in [5.41, 5.74) is 1.80. The number of nitrogens with zero attached hydrogens (tertiary/aromatic N) is 1. The summed E-state index contributed by atoms with van der Waals surface area (Å²) >= 11 is 0. The van der Waals surface area contributed by atoms with Crippen molar-refractivity contribution in [3.63, 3.8) is 0 Å². The minimum absolute atomic E-state index is 0.178. The molecule has 0 unspecified atom stereocenters. The molecular weight excluding hydrogens is 364 g/mol. The van der Waals surface area contributed by atoms with Crippen LogP contribution >= 0.6 is 0 Å². The third-order valence-corrected chi connectivity index (χ3v) is 3.90. The van der Waals surface area contributed by atoms with E-state index in [2.05, 4.69) is 5.32 Å². The Kier molecular flexibility index (Phi) is 7.08. The number of methoxy groups -OCH3 is 3. The normalized spacial score (nSPS) is 10.0. The van der Waals surface area contributed by atoms with Crippen LogP contribution in [0.25, 0.3) is 0 Å². The summed E-state index contributed by atoms with van der Waals surface area (Å²) in [7, 11) is 8.21. The van der Waals surface area contributed by atoms with Gasteiger partial charge in [0, 0.05) is 25.5 Å². The van der Waals surface area contributed by atoms with E-state index in [-0.39, 0.29) is 5.56 Å². The third-order valence-electron chi connectivity index (χ3n) is 3.90. The van der Waals surface area contributed by atoms with Gasteiger partial charge in [0.25, 0.3) is 5.91 Å². The number of anilines is 2. The van der Waals surface area contributed by atoms with Crippen LogP contribution in [0.1, 0.15) is 10.4 Å². The summed E-state index contributed by atoms with van der Waals surface area (Å²) in [5, 5.41) is 2.67. The minimum atomic E-state index is -0.683. The molecule has 8 heteroatoms. The van der Waals surface area contributed by atoms with Crippen LogP contribution in [0.4, 0.5) is 11.4 Å². The van der Waals surface area contributed by atoms with Gasteiger partial charge < -0.3 is 29.2 Å². The van der Waals surface area contributed by atoms with Gasteiger partial charge in [-0.05, 0) is 36.4 Å². The van der Waals surface area contributed by atoms with Gasteiger partial charge in [0.15, 0.2) is 18.1 Å². The Hall–Kier alpha value is -3.42. The van der Waals surface area contributed by atoms with Crippen LogP contribution in [-0.4, -0.2) is 53.9 Å². The lowest BCUT2D eigenvalue weighted by Crippen LogP contribution is -2.21. The standard InChI is InChI=1S/C20H24N2O6/c1-22(2)15-8-6-14(7-9-15)21-18(23)12-28-20(24)13-10-16(25-3)19(27-5)17(11-13)26-4/h6-11H,12H2,1-5H3,(H,21,23). The lowest BCUT2D eigenvalue weighted by molar-refractivity contribution is -0.119. The number of hydrogen-bond donors (Lipinski definition) is 1. The Morgan fingerprint density at radius 1 is 0.929 bits per heavy atom. The molecule has 0 saturated carbocycles. The lowest BCUT2D eigenvalue weighted by atomic mass is 10.2. The van der Waals surface area contributed by atoms with Crippen molar-refractivity contribution < 1.29 is 28.5 Å². The van der Waals surface area contributed by atoms with Crippen molar-refractivity contribution in [1.82, 2.24) is 0 Å². The molecule has 0 aliphatic heterocycles. The molecular formula is C20H24N2O6. The maximum absolute atomic E-state index is 12.3. The Morgan fingerprint density at radius 2 is 1.50 bits per heavy atom. The molecule has 2 aromatic rings.